The number of aromatic amines is 1. The molecule has 0 bridgehead atoms. The minimum Gasteiger partial charge on any atom is -0.305 e. The molecule has 0 spiro atoms. The van der Waals surface area contributed by atoms with Crippen molar-refractivity contribution in [3.05, 3.63) is 81.4 Å². The molecule has 1 amide bonds. The first-order valence-corrected chi connectivity index (χ1v) is 10.2. The number of rotatable bonds is 4. The third kappa shape index (κ3) is 4.23. The molecule has 0 aliphatic carbocycles. The van der Waals surface area contributed by atoms with E-state index >= 15 is 0 Å². The van der Waals surface area contributed by atoms with Crippen LogP contribution in [0.4, 0.5) is 19.6 Å². The number of anilines is 2. The van der Waals surface area contributed by atoms with E-state index in [0.717, 1.165) is 22.3 Å². The lowest BCUT2D eigenvalue weighted by molar-refractivity contribution is -0.115. The molecule has 156 valence electrons. The highest BCUT2D eigenvalue weighted by Gasteiger charge is 2.21. The van der Waals surface area contributed by atoms with Crippen LogP contribution in [0.15, 0.2) is 52.6 Å². The average Bonchev–Trinajstić information content (AvgIpc) is 3.17. The summed E-state index contributed by atoms with van der Waals surface area (Å²) in [5.41, 5.74) is 0.405. The number of halogens is 3. The van der Waals surface area contributed by atoms with E-state index < -0.39 is 17.5 Å². The van der Waals surface area contributed by atoms with Crippen molar-refractivity contribution in [1.29, 1.82) is 0 Å². The highest BCUT2D eigenvalue weighted by molar-refractivity contribution is 7.14. The van der Waals surface area contributed by atoms with Crippen LogP contribution >= 0.6 is 22.9 Å². The van der Waals surface area contributed by atoms with Gasteiger partial charge in [-0.15, -0.1) is 11.3 Å². The molecule has 1 N–H and O–H groups in total. The Morgan fingerprint density at radius 1 is 1.19 bits per heavy atom. The lowest BCUT2D eigenvalue weighted by Gasteiger charge is -2.18. The zero-order valence-electron chi connectivity index (χ0n) is 15.9. The van der Waals surface area contributed by atoms with Gasteiger partial charge in [0.1, 0.15) is 11.6 Å². The van der Waals surface area contributed by atoms with Crippen LogP contribution in [-0.4, -0.2) is 20.9 Å². The van der Waals surface area contributed by atoms with E-state index in [1.165, 1.54) is 19.1 Å². The molecule has 10 heteroatoms. The van der Waals surface area contributed by atoms with E-state index in [0.29, 0.717) is 22.7 Å². The number of aromatic nitrogens is 3. The van der Waals surface area contributed by atoms with Gasteiger partial charge < -0.3 is 4.98 Å². The number of carbonyl (C=O) groups excluding carboxylic acids is 1. The molecule has 6 nitrogen and oxygen atoms in total. The first-order valence-electron chi connectivity index (χ1n) is 8.91. The number of para-hydroxylation sites is 1. The van der Waals surface area contributed by atoms with E-state index in [4.69, 9.17) is 11.6 Å². The molecule has 0 aliphatic rings. The van der Waals surface area contributed by atoms with Gasteiger partial charge in [-0.05, 0) is 30.3 Å². The summed E-state index contributed by atoms with van der Waals surface area (Å²) >= 11 is 7.41. The monoisotopic (exact) mass is 458 g/mol. The summed E-state index contributed by atoms with van der Waals surface area (Å²) in [5, 5.41) is 2.34. The highest BCUT2D eigenvalue weighted by Crippen LogP contribution is 2.32. The van der Waals surface area contributed by atoms with Crippen molar-refractivity contribution in [2.24, 2.45) is 0 Å². The molecule has 0 saturated heterocycles. The molecule has 0 radical (unpaired) electrons. The quantitative estimate of drug-likeness (QED) is 0.462. The van der Waals surface area contributed by atoms with Gasteiger partial charge >= 0.3 is 0 Å². The minimum atomic E-state index is -0.890. The number of nitrogens with zero attached hydrogens (tertiary/aromatic N) is 3. The van der Waals surface area contributed by atoms with Crippen LogP contribution < -0.4 is 10.5 Å². The van der Waals surface area contributed by atoms with E-state index in [-0.39, 0.29) is 27.2 Å². The Kier molecular flexibility index (Phi) is 5.62. The zero-order chi connectivity index (χ0) is 22.1. The van der Waals surface area contributed by atoms with Crippen LogP contribution in [0.3, 0.4) is 0 Å². The van der Waals surface area contributed by atoms with Gasteiger partial charge in [0.05, 0.1) is 27.3 Å². The van der Waals surface area contributed by atoms with Crippen LogP contribution in [0.1, 0.15) is 18.4 Å². The van der Waals surface area contributed by atoms with Crippen molar-refractivity contribution in [1.82, 2.24) is 15.0 Å². The van der Waals surface area contributed by atoms with Gasteiger partial charge in [-0.1, -0.05) is 23.7 Å². The Balaban J connectivity index is 1.70. The Labute approximate surface area is 183 Å². The Hall–Kier alpha value is -3.43. The van der Waals surface area contributed by atoms with E-state index in [1.54, 1.807) is 29.6 Å². The lowest BCUT2D eigenvalue weighted by Crippen LogP contribution is -2.23. The van der Waals surface area contributed by atoms with Gasteiger partial charge in [-0.25, -0.2) is 18.7 Å². The largest absolute Gasteiger partial charge is 0.305 e. The molecule has 0 atom stereocenters. The summed E-state index contributed by atoms with van der Waals surface area (Å²) in [7, 11) is 0. The molecular formula is C21H13ClF2N4O2S. The van der Waals surface area contributed by atoms with Crippen LogP contribution in [-0.2, 0) is 4.79 Å². The van der Waals surface area contributed by atoms with Crippen molar-refractivity contribution in [2.75, 3.05) is 4.90 Å². The maximum atomic E-state index is 14.2. The Morgan fingerprint density at radius 2 is 1.97 bits per heavy atom. The van der Waals surface area contributed by atoms with Gasteiger partial charge in [0, 0.05) is 18.4 Å². The second-order valence-corrected chi connectivity index (χ2v) is 7.67. The van der Waals surface area contributed by atoms with Crippen LogP contribution in [0.2, 0.25) is 0 Å². The third-order valence-corrected chi connectivity index (χ3v) is 5.41. The molecule has 4 aromatic rings. The summed E-state index contributed by atoms with van der Waals surface area (Å²) in [6.45, 7) is 1.25. The first kappa shape index (κ1) is 20.8. The van der Waals surface area contributed by atoms with Crippen molar-refractivity contribution < 1.29 is 13.6 Å². The molecule has 2 aromatic heterocycles. The summed E-state index contributed by atoms with van der Waals surface area (Å²) in [6.07, 6.45) is 1.47. The molecule has 4 rings (SSSR count). The van der Waals surface area contributed by atoms with Crippen LogP contribution in [0.5, 0.6) is 0 Å². The van der Waals surface area contributed by atoms with Crippen molar-refractivity contribution >= 4 is 61.7 Å². The second-order valence-electron chi connectivity index (χ2n) is 6.43. The van der Waals surface area contributed by atoms with Crippen LogP contribution in [0, 0.1) is 11.6 Å². The van der Waals surface area contributed by atoms with Crippen molar-refractivity contribution in [3.8, 4) is 0 Å². The first-order chi connectivity index (χ1) is 14.8. The number of H-pyrrole nitrogens is 1. The fourth-order valence-corrected chi connectivity index (χ4v) is 3.95. The van der Waals surface area contributed by atoms with Crippen LogP contribution in [0.25, 0.3) is 22.0 Å². The fraction of sp³-hybridized carbons (Fsp3) is 0.0476. The number of fused-ring (bicyclic) bond motifs is 1. The number of benzene rings is 2. The molecular weight excluding hydrogens is 446 g/mol. The number of thiazole rings is 1. The molecule has 2 aromatic carbocycles. The Bertz CT molecular complexity index is 1400. The molecule has 0 saturated carbocycles. The molecule has 0 fully saturated rings. The molecule has 0 unspecified atom stereocenters. The van der Waals surface area contributed by atoms with E-state index in [1.807, 2.05) is 0 Å². The maximum absolute atomic E-state index is 14.2. The second kappa shape index (κ2) is 8.37. The smallest absolute Gasteiger partial charge is 0.259 e. The standard InChI is InChI=1S/C21H13ClF2N4O2S/c1-11(29)28(18-7-6-12(23)8-16(18)24)21-25-13(10-31-21)9-15(22)19-26-17-5-3-2-4-14(17)20(30)27-19/h2-10H,1H3,(H,26,27,30)/b15-9-. The molecule has 0 aliphatic heterocycles. The highest BCUT2D eigenvalue weighted by atomic mass is 35.5. The SMILES string of the molecule is CC(=O)N(c1nc(/C=C(\Cl)c2nc3ccccc3c(=O)[nH]2)cs1)c1ccc(F)cc1F. The van der Waals surface area contributed by atoms with Crippen molar-refractivity contribution in [3.63, 3.8) is 0 Å². The average molecular weight is 459 g/mol. The van der Waals surface area contributed by atoms with Gasteiger partial charge in [0.25, 0.3) is 5.56 Å². The number of hydrogen-bond acceptors (Lipinski definition) is 5. The lowest BCUT2D eigenvalue weighted by atomic mass is 10.2. The van der Waals surface area contributed by atoms with Gasteiger partial charge in [0.2, 0.25) is 5.91 Å². The van der Waals surface area contributed by atoms with E-state index in [9.17, 15) is 18.4 Å². The molecule has 2 heterocycles. The van der Waals surface area contributed by atoms with E-state index in [2.05, 4.69) is 15.0 Å². The summed E-state index contributed by atoms with van der Waals surface area (Å²) < 4.78 is 27.5. The number of nitrogens with one attached hydrogen (secondary N) is 1. The molecule has 31 heavy (non-hydrogen) atoms. The fourth-order valence-electron chi connectivity index (χ4n) is 2.91. The van der Waals surface area contributed by atoms with Gasteiger partial charge in [-0.2, -0.15) is 0 Å². The zero-order valence-corrected chi connectivity index (χ0v) is 17.5. The summed E-state index contributed by atoms with van der Waals surface area (Å²) in [6, 6.07) is 9.76. The maximum Gasteiger partial charge on any atom is 0.259 e. The predicted molar refractivity (Wildman–Crippen MR) is 117 cm³/mol. The number of amides is 1. The Morgan fingerprint density at radius 3 is 2.71 bits per heavy atom. The summed E-state index contributed by atoms with van der Waals surface area (Å²) in [5.74, 6) is -1.98. The third-order valence-electron chi connectivity index (χ3n) is 4.28. The minimum absolute atomic E-state index is 0.120. The van der Waals surface area contributed by atoms with Gasteiger partial charge in [-0.3, -0.25) is 14.5 Å². The topological polar surface area (TPSA) is 79.0 Å². The van der Waals surface area contributed by atoms with Gasteiger partial charge in [0.15, 0.2) is 11.0 Å². The summed E-state index contributed by atoms with van der Waals surface area (Å²) in [4.78, 5) is 36.7. The number of carbonyl (C=O) groups is 1. The van der Waals surface area contributed by atoms with Crippen molar-refractivity contribution in [2.45, 2.75) is 6.92 Å². The number of hydrogen-bond donors (Lipinski definition) is 1. The predicted octanol–water partition coefficient (Wildman–Crippen LogP) is 5.08. The normalized spacial score (nSPS) is 11.7.